The zero-order valence-electron chi connectivity index (χ0n) is 18.5. The fourth-order valence-corrected chi connectivity index (χ4v) is 4.11. The fourth-order valence-electron chi connectivity index (χ4n) is 3.10. The Kier molecular flexibility index (Phi) is 7.80. The Labute approximate surface area is 203 Å². The molecule has 0 atom stereocenters. The molecule has 11 heteroatoms. The van der Waals surface area contributed by atoms with Gasteiger partial charge >= 0.3 is 11.5 Å². The van der Waals surface area contributed by atoms with E-state index < -0.39 is 37.6 Å². The number of carbonyl (C=O) groups excluding carboxylic acids is 1. The standard InChI is InChI=1S/C25H17F4NO5S/c1-16-21(7-10-24(31)34-15-17-5-3-2-4-6-17)23(36(32,33)25(27,28)29)9-8-22(16)35-20-12-18(14-30)11-19(26)13-20/h2-13H,15H2,1H3/b10-7+. The molecule has 0 spiro atoms. The van der Waals surface area contributed by atoms with Crippen LogP contribution in [0.5, 0.6) is 11.5 Å². The summed E-state index contributed by atoms with van der Waals surface area (Å²) in [5.74, 6) is -1.98. The van der Waals surface area contributed by atoms with Gasteiger partial charge in [0.05, 0.1) is 16.5 Å². The van der Waals surface area contributed by atoms with Crippen LogP contribution in [0.2, 0.25) is 0 Å². The Morgan fingerprint density at radius 3 is 2.42 bits per heavy atom. The average Bonchev–Trinajstić information content (AvgIpc) is 2.82. The molecule has 6 nitrogen and oxygen atoms in total. The van der Waals surface area contributed by atoms with Crippen LogP contribution in [0.25, 0.3) is 6.08 Å². The summed E-state index contributed by atoms with van der Waals surface area (Å²) in [7, 11) is -5.80. The third-order valence-electron chi connectivity index (χ3n) is 4.86. The van der Waals surface area contributed by atoms with Crippen molar-refractivity contribution < 1.29 is 40.2 Å². The van der Waals surface area contributed by atoms with Gasteiger partial charge in [0.15, 0.2) is 0 Å². The lowest BCUT2D eigenvalue weighted by molar-refractivity contribution is -0.138. The van der Waals surface area contributed by atoms with Gasteiger partial charge in [-0.05, 0) is 42.8 Å². The number of rotatable bonds is 7. The molecule has 0 aliphatic heterocycles. The SMILES string of the molecule is Cc1c(Oc2cc(F)cc(C#N)c2)ccc(S(=O)(=O)C(F)(F)F)c1/C=C/C(=O)OCc1ccccc1. The number of nitriles is 1. The Bertz CT molecular complexity index is 1460. The average molecular weight is 519 g/mol. The van der Waals surface area contributed by atoms with Crippen molar-refractivity contribution in [1.29, 1.82) is 5.26 Å². The van der Waals surface area contributed by atoms with E-state index >= 15 is 0 Å². The Balaban J connectivity index is 2.00. The van der Waals surface area contributed by atoms with Gasteiger partial charge in [-0.1, -0.05) is 30.3 Å². The minimum Gasteiger partial charge on any atom is -0.458 e. The van der Waals surface area contributed by atoms with Crippen molar-refractivity contribution in [3.63, 3.8) is 0 Å². The molecule has 3 rings (SSSR count). The van der Waals surface area contributed by atoms with Crippen LogP contribution < -0.4 is 4.74 Å². The van der Waals surface area contributed by atoms with Crippen molar-refractivity contribution in [2.45, 2.75) is 23.9 Å². The van der Waals surface area contributed by atoms with Crippen LogP contribution >= 0.6 is 0 Å². The Morgan fingerprint density at radius 2 is 1.78 bits per heavy atom. The first-order valence-corrected chi connectivity index (χ1v) is 11.6. The minimum atomic E-state index is -5.80. The van der Waals surface area contributed by atoms with E-state index in [-0.39, 0.29) is 29.2 Å². The molecular formula is C25H17F4NO5S. The van der Waals surface area contributed by atoms with E-state index in [0.29, 0.717) is 11.6 Å². The third-order valence-corrected chi connectivity index (χ3v) is 6.40. The summed E-state index contributed by atoms with van der Waals surface area (Å²) in [6, 6.07) is 15.1. The van der Waals surface area contributed by atoms with Crippen LogP contribution in [0.3, 0.4) is 0 Å². The van der Waals surface area contributed by atoms with Crippen LogP contribution in [0.4, 0.5) is 17.6 Å². The van der Waals surface area contributed by atoms with Gasteiger partial charge < -0.3 is 9.47 Å². The van der Waals surface area contributed by atoms with Gasteiger partial charge in [-0.15, -0.1) is 0 Å². The number of benzene rings is 3. The van der Waals surface area contributed by atoms with E-state index in [2.05, 4.69) is 0 Å². The van der Waals surface area contributed by atoms with Crippen molar-refractivity contribution in [1.82, 2.24) is 0 Å². The summed E-state index contributed by atoms with van der Waals surface area (Å²) in [6.45, 7) is 1.16. The zero-order valence-corrected chi connectivity index (χ0v) is 19.4. The third kappa shape index (κ3) is 6.09. The summed E-state index contributed by atoms with van der Waals surface area (Å²) in [6.07, 6.45) is 1.67. The molecule has 0 heterocycles. The molecule has 0 N–H and O–H groups in total. The predicted octanol–water partition coefficient (Wildman–Crippen LogP) is 5.85. The second-order valence-electron chi connectivity index (χ2n) is 7.37. The van der Waals surface area contributed by atoms with Crippen molar-refractivity contribution in [3.8, 4) is 17.6 Å². The first-order valence-electron chi connectivity index (χ1n) is 10.1. The number of esters is 1. The van der Waals surface area contributed by atoms with Crippen molar-refractivity contribution >= 4 is 21.9 Å². The second-order valence-corrected chi connectivity index (χ2v) is 9.28. The number of alkyl halides is 3. The number of halogens is 4. The molecule has 0 aromatic heterocycles. The number of ether oxygens (including phenoxy) is 2. The topological polar surface area (TPSA) is 93.5 Å². The maximum Gasteiger partial charge on any atom is 0.501 e. The molecule has 0 amide bonds. The minimum absolute atomic E-state index is 0.0693. The highest BCUT2D eigenvalue weighted by Gasteiger charge is 2.48. The van der Waals surface area contributed by atoms with Gasteiger partial charge in [0.2, 0.25) is 0 Å². The van der Waals surface area contributed by atoms with E-state index in [9.17, 15) is 30.8 Å². The second kappa shape index (κ2) is 10.6. The van der Waals surface area contributed by atoms with Gasteiger partial charge in [-0.25, -0.2) is 17.6 Å². The lowest BCUT2D eigenvalue weighted by atomic mass is 10.1. The van der Waals surface area contributed by atoms with Crippen LogP contribution in [0.1, 0.15) is 22.3 Å². The highest BCUT2D eigenvalue weighted by molar-refractivity contribution is 7.92. The molecule has 0 aliphatic carbocycles. The molecule has 3 aromatic rings. The van der Waals surface area contributed by atoms with E-state index in [0.717, 1.165) is 30.4 Å². The molecule has 3 aromatic carbocycles. The zero-order chi connectivity index (χ0) is 26.5. The van der Waals surface area contributed by atoms with Crippen molar-refractivity contribution in [2.24, 2.45) is 0 Å². The fraction of sp³-hybridized carbons (Fsp3) is 0.120. The van der Waals surface area contributed by atoms with Crippen LogP contribution in [-0.2, 0) is 26.0 Å². The number of hydrogen-bond acceptors (Lipinski definition) is 6. The number of hydrogen-bond donors (Lipinski definition) is 0. The maximum absolute atomic E-state index is 13.8. The monoisotopic (exact) mass is 519 g/mol. The predicted molar refractivity (Wildman–Crippen MR) is 121 cm³/mol. The highest BCUT2D eigenvalue weighted by atomic mass is 32.2. The molecule has 0 radical (unpaired) electrons. The molecule has 0 saturated heterocycles. The number of carbonyl (C=O) groups is 1. The molecular weight excluding hydrogens is 502 g/mol. The van der Waals surface area contributed by atoms with Crippen molar-refractivity contribution in [3.05, 3.63) is 94.8 Å². The van der Waals surface area contributed by atoms with Crippen LogP contribution in [0.15, 0.2) is 71.6 Å². The smallest absolute Gasteiger partial charge is 0.458 e. The maximum atomic E-state index is 13.8. The summed E-state index contributed by atoms with van der Waals surface area (Å²) >= 11 is 0. The Hall–Kier alpha value is -4.17. The summed E-state index contributed by atoms with van der Waals surface area (Å²) in [5, 5.41) is 8.99. The first kappa shape index (κ1) is 26.4. The first-order chi connectivity index (χ1) is 16.9. The van der Waals surface area contributed by atoms with Gasteiger partial charge in [0.25, 0.3) is 9.84 Å². The molecule has 0 fully saturated rings. The lowest BCUT2D eigenvalue weighted by Crippen LogP contribution is -2.24. The van der Waals surface area contributed by atoms with E-state index in [1.807, 2.05) is 0 Å². The molecule has 0 aliphatic rings. The largest absolute Gasteiger partial charge is 0.501 e. The molecule has 36 heavy (non-hydrogen) atoms. The summed E-state index contributed by atoms with van der Waals surface area (Å²) < 4.78 is 88.6. The number of nitrogens with zero attached hydrogens (tertiary/aromatic N) is 1. The lowest BCUT2D eigenvalue weighted by Gasteiger charge is -2.16. The van der Waals surface area contributed by atoms with Gasteiger partial charge in [0, 0.05) is 23.3 Å². The number of sulfone groups is 1. The van der Waals surface area contributed by atoms with E-state index in [1.165, 1.54) is 13.0 Å². The molecule has 186 valence electrons. The van der Waals surface area contributed by atoms with Gasteiger partial charge in [-0.3, -0.25) is 0 Å². The summed E-state index contributed by atoms with van der Waals surface area (Å²) in [5.41, 5.74) is -5.57. The normalized spacial score (nSPS) is 11.8. The van der Waals surface area contributed by atoms with E-state index in [1.54, 1.807) is 36.4 Å². The van der Waals surface area contributed by atoms with Gasteiger partial charge in [0.1, 0.15) is 23.9 Å². The van der Waals surface area contributed by atoms with Crippen LogP contribution in [-0.4, -0.2) is 19.9 Å². The van der Waals surface area contributed by atoms with Crippen molar-refractivity contribution in [2.75, 3.05) is 0 Å². The highest BCUT2D eigenvalue weighted by Crippen LogP contribution is 2.38. The van der Waals surface area contributed by atoms with Gasteiger partial charge in [-0.2, -0.15) is 18.4 Å². The van der Waals surface area contributed by atoms with E-state index in [4.69, 9.17) is 14.7 Å². The molecule has 0 bridgehead atoms. The van der Waals surface area contributed by atoms with Crippen LogP contribution in [0, 0.1) is 24.1 Å². The molecule has 0 unspecified atom stereocenters. The molecule has 0 saturated carbocycles. The Morgan fingerprint density at radius 1 is 1.08 bits per heavy atom. The summed E-state index contributed by atoms with van der Waals surface area (Å²) in [4.78, 5) is 11.1. The quantitative estimate of drug-likeness (QED) is 0.221.